The molecule has 0 amide bonds. The van der Waals surface area contributed by atoms with Crippen LogP contribution in [0.1, 0.15) is 23.7 Å². The highest BCUT2D eigenvalue weighted by atomic mass is 16.6. The van der Waals surface area contributed by atoms with Crippen LogP contribution in [0.2, 0.25) is 0 Å². The molecule has 1 atom stereocenters. The van der Waals surface area contributed by atoms with Crippen molar-refractivity contribution in [3.8, 4) is 17.2 Å². The van der Waals surface area contributed by atoms with E-state index in [1.54, 1.807) is 6.26 Å². The first-order valence-corrected chi connectivity index (χ1v) is 9.52. The minimum absolute atomic E-state index is 0.304. The number of oxazole rings is 1. The van der Waals surface area contributed by atoms with Crippen LogP contribution >= 0.6 is 0 Å². The lowest BCUT2D eigenvalue weighted by molar-refractivity contribution is -0.153. The van der Waals surface area contributed by atoms with Gasteiger partial charge in [-0.05, 0) is 49.2 Å². The van der Waals surface area contributed by atoms with E-state index in [1.165, 1.54) is 7.11 Å². The molecule has 0 aliphatic rings. The molecule has 0 saturated carbocycles. The van der Waals surface area contributed by atoms with Gasteiger partial charge in [-0.1, -0.05) is 24.3 Å². The van der Waals surface area contributed by atoms with Crippen LogP contribution in [-0.2, 0) is 27.3 Å². The second-order valence-corrected chi connectivity index (χ2v) is 6.56. The molecular weight excluding hydrogens is 370 g/mol. The normalized spacial score (nSPS) is 11.8. The molecule has 0 radical (unpaired) electrons. The molecule has 0 bridgehead atoms. The molecule has 0 aliphatic heterocycles. The minimum atomic E-state index is -0.609. The molecule has 1 unspecified atom stereocenters. The van der Waals surface area contributed by atoms with Crippen LogP contribution in [0.3, 0.4) is 0 Å². The first-order valence-electron chi connectivity index (χ1n) is 9.52. The van der Waals surface area contributed by atoms with Crippen LogP contribution in [0.15, 0.2) is 59.2 Å². The van der Waals surface area contributed by atoms with Crippen LogP contribution in [0.4, 0.5) is 0 Å². The summed E-state index contributed by atoms with van der Waals surface area (Å²) in [7, 11) is 1.37. The largest absolute Gasteiger partial charge is 0.487 e. The Bertz CT molecular complexity index is 935. The van der Waals surface area contributed by atoms with Gasteiger partial charge in [0.1, 0.15) is 24.3 Å². The van der Waals surface area contributed by atoms with Crippen molar-refractivity contribution in [1.82, 2.24) is 4.98 Å². The average molecular weight is 395 g/mol. The molecule has 0 N–H and O–H groups in total. The minimum Gasteiger partial charge on any atom is -0.487 e. The van der Waals surface area contributed by atoms with Crippen molar-refractivity contribution in [1.29, 1.82) is 0 Å². The van der Waals surface area contributed by atoms with Gasteiger partial charge in [0.15, 0.2) is 6.10 Å². The van der Waals surface area contributed by atoms with E-state index in [0.717, 1.165) is 22.4 Å². The second kappa shape index (κ2) is 9.89. The fourth-order valence-corrected chi connectivity index (χ4v) is 2.97. The Kier molecular flexibility index (Phi) is 7.03. The number of methoxy groups -OCH3 is 1. The summed E-state index contributed by atoms with van der Waals surface area (Å²) in [5.41, 5.74) is 3.66. The summed E-state index contributed by atoms with van der Waals surface area (Å²) in [6, 6.07) is 15.5. The zero-order chi connectivity index (χ0) is 20.6. The van der Waals surface area contributed by atoms with Crippen molar-refractivity contribution >= 4 is 5.97 Å². The maximum absolute atomic E-state index is 11.9. The summed E-state index contributed by atoms with van der Waals surface area (Å²) in [6.07, 6.45) is 1.45. The number of benzene rings is 2. The topological polar surface area (TPSA) is 70.8 Å². The Morgan fingerprint density at radius 1 is 1.17 bits per heavy atom. The maximum atomic E-state index is 11.9. The van der Waals surface area contributed by atoms with Gasteiger partial charge in [-0.15, -0.1) is 0 Å². The number of ether oxygens (including phenoxy) is 3. The lowest BCUT2D eigenvalue weighted by atomic mass is 10.0. The Morgan fingerprint density at radius 3 is 2.66 bits per heavy atom. The summed E-state index contributed by atoms with van der Waals surface area (Å²) in [6.45, 7) is 4.58. The van der Waals surface area contributed by atoms with Crippen molar-refractivity contribution in [2.75, 3.05) is 13.7 Å². The summed E-state index contributed by atoms with van der Waals surface area (Å²) in [5.74, 6) is 0.925. The lowest BCUT2D eigenvalue weighted by Crippen LogP contribution is -2.28. The molecule has 29 heavy (non-hydrogen) atoms. The predicted molar refractivity (Wildman–Crippen MR) is 109 cm³/mol. The molecule has 1 aromatic heterocycles. The van der Waals surface area contributed by atoms with Gasteiger partial charge < -0.3 is 18.6 Å². The molecule has 6 nitrogen and oxygen atoms in total. The van der Waals surface area contributed by atoms with Gasteiger partial charge in [-0.25, -0.2) is 9.78 Å². The SMILES string of the molecule is CCOC(Cc1ccc(OCc2coc(-c3ccccc3)n2)cc1C)C(=O)OC. The number of aryl methyl sites for hydroxylation is 1. The summed E-state index contributed by atoms with van der Waals surface area (Å²) in [4.78, 5) is 16.3. The molecule has 6 heteroatoms. The lowest BCUT2D eigenvalue weighted by Gasteiger charge is -2.16. The van der Waals surface area contributed by atoms with Crippen LogP contribution in [0, 0.1) is 6.92 Å². The molecule has 0 saturated heterocycles. The summed E-state index contributed by atoms with van der Waals surface area (Å²) < 4.78 is 21.7. The quantitative estimate of drug-likeness (QED) is 0.502. The third kappa shape index (κ3) is 5.45. The van der Waals surface area contributed by atoms with Crippen LogP contribution < -0.4 is 4.74 Å². The van der Waals surface area contributed by atoms with Gasteiger partial charge in [-0.3, -0.25) is 0 Å². The van der Waals surface area contributed by atoms with Crippen LogP contribution in [-0.4, -0.2) is 30.8 Å². The fraction of sp³-hybridized carbons (Fsp3) is 0.304. The number of nitrogens with zero attached hydrogens (tertiary/aromatic N) is 1. The summed E-state index contributed by atoms with van der Waals surface area (Å²) >= 11 is 0. The molecule has 152 valence electrons. The number of hydrogen-bond acceptors (Lipinski definition) is 6. The van der Waals surface area contributed by atoms with E-state index >= 15 is 0 Å². The van der Waals surface area contributed by atoms with Gasteiger partial charge in [0, 0.05) is 18.6 Å². The summed E-state index contributed by atoms with van der Waals surface area (Å²) in [5, 5.41) is 0. The van der Waals surface area contributed by atoms with E-state index < -0.39 is 6.10 Å². The molecule has 0 fully saturated rings. The van der Waals surface area contributed by atoms with E-state index in [1.807, 2.05) is 62.4 Å². The number of rotatable bonds is 9. The van der Waals surface area contributed by atoms with Gasteiger partial charge in [0.05, 0.1) is 7.11 Å². The highest BCUT2D eigenvalue weighted by Crippen LogP contribution is 2.22. The van der Waals surface area contributed by atoms with Crippen LogP contribution in [0.25, 0.3) is 11.5 Å². The molecule has 3 rings (SSSR count). The smallest absolute Gasteiger partial charge is 0.335 e. The van der Waals surface area contributed by atoms with E-state index in [9.17, 15) is 4.79 Å². The average Bonchev–Trinajstić information content (AvgIpc) is 3.22. The fourth-order valence-electron chi connectivity index (χ4n) is 2.97. The van der Waals surface area contributed by atoms with Crippen molar-refractivity contribution in [2.45, 2.75) is 33.0 Å². The number of esters is 1. The van der Waals surface area contributed by atoms with E-state index in [4.69, 9.17) is 18.6 Å². The Hall–Kier alpha value is -3.12. The van der Waals surface area contributed by atoms with E-state index in [2.05, 4.69) is 4.98 Å². The molecule has 0 aliphatic carbocycles. The molecule has 2 aromatic carbocycles. The molecule has 3 aromatic rings. The third-order valence-corrected chi connectivity index (χ3v) is 4.51. The highest BCUT2D eigenvalue weighted by Gasteiger charge is 2.20. The van der Waals surface area contributed by atoms with Crippen molar-refractivity contribution in [3.63, 3.8) is 0 Å². The number of carbonyl (C=O) groups is 1. The Balaban J connectivity index is 1.62. The van der Waals surface area contributed by atoms with E-state index in [-0.39, 0.29) is 5.97 Å². The highest BCUT2D eigenvalue weighted by molar-refractivity contribution is 5.75. The predicted octanol–water partition coefficient (Wildman–Crippen LogP) is 4.35. The van der Waals surface area contributed by atoms with Crippen LogP contribution in [0.5, 0.6) is 5.75 Å². The zero-order valence-electron chi connectivity index (χ0n) is 16.9. The third-order valence-electron chi connectivity index (χ3n) is 4.51. The number of carbonyl (C=O) groups excluding carboxylic acids is 1. The van der Waals surface area contributed by atoms with Crippen molar-refractivity contribution in [3.05, 3.63) is 71.6 Å². The number of hydrogen-bond donors (Lipinski definition) is 0. The van der Waals surface area contributed by atoms with Gasteiger partial charge in [0.2, 0.25) is 5.89 Å². The maximum Gasteiger partial charge on any atom is 0.335 e. The Morgan fingerprint density at radius 2 is 1.97 bits per heavy atom. The van der Waals surface area contributed by atoms with Crippen molar-refractivity contribution < 1.29 is 23.4 Å². The van der Waals surface area contributed by atoms with Crippen molar-refractivity contribution in [2.24, 2.45) is 0 Å². The standard InChI is InChI=1S/C23H25NO5/c1-4-27-21(23(25)26-3)13-18-10-11-20(12-16(18)2)28-14-19-15-29-22(24-19)17-8-6-5-7-9-17/h5-12,15,21H,4,13-14H2,1-3H3. The first-order chi connectivity index (χ1) is 14.1. The molecule has 1 heterocycles. The van der Waals surface area contributed by atoms with E-state index in [0.29, 0.717) is 31.2 Å². The first kappa shape index (κ1) is 20.6. The Labute approximate surface area is 170 Å². The monoisotopic (exact) mass is 395 g/mol. The van der Waals surface area contributed by atoms with Gasteiger partial charge in [-0.2, -0.15) is 0 Å². The van der Waals surface area contributed by atoms with Gasteiger partial charge in [0.25, 0.3) is 0 Å². The number of aromatic nitrogens is 1. The van der Waals surface area contributed by atoms with Gasteiger partial charge >= 0.3 is 5.97 Å². The second-order valence-electron chi connectivity index (χ2n) is 6.56. The molecule has 0 spiro atoms. The zero-order valence-corrected chi connectivity index (χ0v) is 16.9. The molecular formula is C23H25NO5.